The van der Waals surface area contributed by atoms with Gasteiger partial charge in [0.15, 0.2) is 11.5 Å². The van der Waals surface area contributed by atoms with Gasteiger partial charge in [-0.1, -0.05) is 12.1 Å². The standard InChI is InChI=1S/C23H26N2O5/c26-19-6-3-16(4-7-19)1-2-17-9-11-25(12-10-17)22(27)14-24-23(28)18-5-8-20-21(13-18)30-15-29-20/h3-8,13,17,26H,1-2,9-12,14-15H2,(H,24,28). The smallest absolute Gasteiger partial charge is 0.251 e. The Balaban J connectivity index is 1.19. The Morgan fingerprint density at radius 2 is 1.77 bits per heavy atom. The first-order chi connectivity index (χ1) is 14.6. The molecule has 4 rings (SSSR count). The highest BCUT2D eigenvalue weighted by molar-refractivity contribution is 5.97. The first kappa shape index (κ1) is 20.1. The van der Waals surface area contributed by atoms with Crippen LogP contribution in [-0.4, -0.2) is 48.2 Å². The number of phenolic OH excluding ortho intramolecular Hbond substituents is 1. The topological polar surface area (TPSA) is 88.1 Å². The fraction of sp³-hybridized carbons (Fsp3) is 0.391. The summed E-state index contributed by atoms with van der Waals surface area (Å²) in [5.41, 5.74) is 1.66. The van der Waals surface area contributed by atoms with Crippen LogP contribution in [0.5, 0.6) is 17.2 Å². The Hall–Kier alpha value is -3.22. The van der Waals surface area contributed by atoms with Gasteiger partial charge in [-0.05, 0) is 67.5 Å². The molecule has 1 saturated heterocycles. The predicted molar refractivity (Wildman–Crippen MR) is 111 cm³/mol. The SMILES string of the molecule is O=C(NCC(=O)N1CCC(CCc2ccc(O)cc2)CC1)c1ccc2c(c1)OCO2. The van der Waals surface area contributed by atoms with E-state index in [4.69, 9.17) is 9.47 Å². The van der Waals surface area contributed by atoms with Crippen molar-refractivity contribution in [3.8, 4) is 17.2 Å². The molecule has 30 heavy (non-hydrogen) atoms. The molecule has 2 aliphatic heterocycles. The average molecular weight is 410 g/mol. The molecule has 158 valence electrons. The fourth-order valence-corrected chi connectivity index (χ4v) is 3.91. The molecule has 1 fully saturated rings. The van der Waals surface area contributed by atoms with Crippen LogP contribution < -0.4 is 14.8 Å². The van der Waals surface area contributed by atoms with Crippen molar-refractivity contribution in [1.29, 1.82) is 0 Å². The van der Waals surface area contributed by atoms with Crippen molar-refractivity contribution in [1.82, 2.24) is 10.2 Å². The number of carbonyl (C=O) groups is 2. The van der Waals surface area contributed by atoms with Crippen molar-refractivity contribution in [3.63, 3.8) is 0 Å². The Morgan fingerprint density at radius 1 is 1.03 bits per heavy atom. The van der Waals surface area contributed by atoms with Gasteiger partial charge in [0.2, 0.25) is 12.7 Å². The van der Waals surface area contributed by atoms with Crippen molar-refractivity contribution in [2.45, 2.75) is 25.7 Å². The molecular formula is C23H26N2O5. The van der Waals surface area contributed by atoms with Crippen LogP contribution in [0.4, 0.5) is 0 Å². The predicted octanol–water partition coefficient (Wildman–Crippen LogP) is 2.72. The summed E-state index contributed by atoms with van der Waals surface area (Å²) in [6.45, 7) is 1.59. The number of benzene rings is 2. The van der Waals surface area contributed by atoms with E-state index in [-0.39, 0.29) is 30.9 Å². The third-order valence-electron chi connectivity index (χ3n) is 5.78. The molecule has 2 amide bonds. The Kier molecular flexibility index (Phi) is 6.07. The molecule has 2 aromatic rings. The summed E-state index contributed by atoms with van der Waals surface area (Å²) >= 11 is 0. The fourth-order valence-electron chi connectivity index (χ4n) is 3.91. The number of likely N-dealkylation sites (tertiary alicyclic amines) is 1. The lowest BCUT2D eigenvalue weighted by Gasteiger charge is -2.32. The molecule has 0 saturated carbocycles. The molecule has 0 aromatic heterocycles. The molecule has 0 unspecified atom stereocenters. The minimum Gasteiger partial charge on any atom is -0.508 e. The maximum Gasteiger partial charge on any atom is 0.251 e. The van der Waals surface area contributed by atoms with Gasteiger partial charge < -0.3 is 24.8 Å². The van der Waals surface area contributed by atoms with Crippen LogP contribution in [-0.2, 0) is 11.2 Å². The van der Waals surface area contributed by atoms with Crippen molar-refractivity contribution < 1.29 is 24.2 Å². The summed E-state index contributed by atoms with van der Waals surface area (Å²) in [5.74, 6) is 1.69. The molecule has 0 bridgehead atoms. The van der Waals surface area contributed by atoms with Gasteiger partial charge in [0, 0.05) is 18.7 Å². The first-order valence-electron chi connectivity index (χ1n) is 10.3. The van der Waals surface area contributed by atoms with Crippen molar-refractivity contribution >= 4 is 11.8 Å². The molecule has 2 aromatic carbocycles. The number of carbonyl (C=O) groups excluding carboxylic acids is 2. The summed E-state index contributed by atoms with van der Waals surface area (Å²) in [6.07, 6.45) is 4.00. The largest absolute Gasteiger partial charge is 0.508 e. The van der Waals surface area contributed by atoms with Gasteiger partial charge in [0.25, 0.3) is 5.91 Å². The molecule has 2 N–H and O–H groups in total. The van der Waals surface area contributed by atoms with E-state index in [0.717, 1.165) is 38.8 Å². The quantitative estimate of drug-likeness (QED) is 0.765. The lowest BCUT2D eigenvalue weighted by molar-refractivity contribution is -0.131. The van der Waals surface area contributed by atoms with E-state index in [1.807, 2.05) is 17.0 Å². The molecule has 0 spiro atoms. The normalized spacial score (nSPS) is 15.8. The third-order valence-corrected chi connectivity index (χ3v) is 5.78. The lowest BCUT2D eigenvalue weighted by atomic mass is 9.90. The number of nitrogens with zero attached hydrogens (tertiary/aromatic N) is 1. The highest BCUT2D eigenvalue weighted by atomic mass is 16.7. The summed E-state index contributed by atoms with van der Waals surface area (Å²) in [6, 6.07) is 12.3. The number of piperidine rings is 1. The van der Waals surface area contributed by atoms with Gasteiger partial charge >= 0.3 is 0 Å². The van der Waals surface area contributed by atoms with Crippen molar-refractivity contribution in [2.75, 3.05) is 26.4 Å². The first-order valence-corrected chi connectivity index (χ1v) is 10.3. The van der Waals surface area contributed by atoms with E-state index in [1.165, 1.54) is 5.56 Å². The van der Waals surface area contributed by atoms with E-state index in [1.54, 1.807) is 30.3 Å². The molecule has 7 heteroatoms. The summed E-state index contributed by atoms with van der Waals surface area (Å²) in [7, 11) is 0. The zero-order valence-corrected chi connectivity index (χ0v) is 16.8. The van der Waals surface area contributed by atoms with Gasteiger partial charge in [0.05, 0.1) is 6.54 Å². The monoisotopic (exact) mass is 410 g/mol. The van der Waals surface area contributed by atoms with Crippen LogP contribution in [0.2, 0.25) is 0 Å². The molecule has 0 atom stereocenters. The Bertz CT molecular complexity index is 904. The summed E-state index contributed by atoms with van der Waals surface area (Å²) in [5, 5.41) is 12.1. The van der Waals surface area contributed by atoms with Crippen LogP contribution >= 0.6 is 0 Å². The number of hydrogen-bond acceptors (Lipinski definition) is 5. The van der Waals surface area contributed by atoms with E-state index >= 15 is 0 Å². The Labute approximate surface area is 175 Å². The molecular weight excluding hydrogens is 384 g/mol. The number of phenols is 1. The van der Waals surface area contributed by atoms with E-state index in [9.17, 15) is 14.7 Å². The third kappa shape index (κ3) is 4.84. The number of amides is 2. The number of ether oxygens (including phenoxy) is 2. The number of hydrogen-bond donors (Lipinski definition) is 2. The molecule has 7 nitrogen and oxygen atoms in total. The molecule has 0 radical (unpaired) electrons. The van der Waals surface area contributed by atoms with Crippen molar-refractivity contribution in [2.24, 2.45) is 5.92 Å². The molecule has 2 aliphatic rings. The summed E-state index contributed by atoms with van der Waals surface area (Å²) in [4.78, 5) is 26.6. The van der Waals surface area contributed by atoms with E-state index in [0.29, 0.717) is 23.0 Å². The van der Waals surface area contributed by atoms with Crippen LogP contribution in [0.1, 0.15) is 35.2 Å². The van der Waals surface area contributed by atoms with Crippen LogP contribution in [0.25, 0.3) is 0 Å². The maximum atomic E-state index is 12.5. The highest BCUT2D eigenvalue weighted by Gasteiger charge is 2.23. The van der Waals surface area contributed by atoms with E-state index in [2.05, 4.69) is 5.32 Å². The average Bonchev–Trinajstić information content (AvgIpc) is 3.25. The number of aromatic hydroxyl groups is 1. The highest BCUT2D eigenvalue weighted by Crippen LogP contribution is 2.32. The molecule has 2 heterocycles. The maximum absolute atomic E-state index is 12.5. The minimum absolute atomic E-state index is 0.00848. The number of rotatable bonds is 6. The number of nitrogens with one attached hydrogen (secondary N) is 1. The van der Waals surface area contributed by atoms with Gasteiger partial charge in [-0.15, -0.1) is 0 Å². The van der Waals surface area contributed by atoms with Crippen LogP contribution in [0, 0.1) is 5.92 Å². The second-order valence-corrected chi connectivity index (χ2v) is 7.78. The van der Waals surface area contributed by atoms with Crippen LogP contribution in [0.15, 0.2) is 42.5 Å². The van der Waals surface area contributed by atoms with Crippen LogP contribution in [0.3, 0.4) is 0 Å². The van der Waals surface area contributed by atoms with E-state index < -0.39 is 0 Å². The Morgan fingerprint density at radius 3 is 2.53 bits per heavy atom. The zero-order chi connectivity index (χ0) is 20.9. The number of aryl methyl sites for hydroxylation is 1. The van der Waals surface area contributed by atoms with Gasteiger partial charge in [0.1, 0.15) is 5.75 Å². The summed E-state index contributed by atoms with van der Waals surface area (Å²) < 4.78 is 10.5. The second-order valence-electron chi connectivity index (χ2n) is 7.78. The second kappa shape index (κ2) is 9.07. The lowest BCUT2D eigenvalue weighted by Crippen LogP contribution is -2.44. The number of fused-ring (bicyclic) bond motifs is 1. The minimum atomic E-state index is -0.301. The van der Waals surface area contributed by atoms with Gasteiger partial charge in [-0.3, -0.25) is 9.59 Å². The van der Waals surface area contributed by atoms with Gasteiger partial charge in [-0.2, -0.15) is 0 Å². The zero-order valence-electron chi connectivity index (χ0n) is 16.8. The molecule has 0 aliphatic carbocycles. The van der Waals surface area contributed by atoms with Gasteiger partial charge in [-0.25, -0.2) is 0 Å². The van der Waals surface area contributed by atoms with Crippen molar-refractivity contribution in [3.05, 3.63) is 53.6 Å².